The average molecular weight is 570 g/mol. The second-order valence-corrected chi connectivity index (χ2v) is 12.6. The van der Waals surface area contributed by atoms with Crippen LogP contribution in [0.3, 0.4) is 0 Å². The van der Waals surface area contributed by atoms with Gasteiger partial charge in [0.15, 0.2) is 5.41 Å². The van der Waals surface area contributed by atoms with Crippen molar-refractivity contribution < 1.29 is 28.7 Å². The molecular weight excluding hydrogens is 538 g/mol. The van der Waals surface area contributed by atoms with Crippen LogP contribution in [-0.4, -0.2) is 49.2 Å². The number of carbonyl (C=O) groups is 4. The number of Topliss-reactive ketones (excluding diaryl/α,β-unsaturated/α-hetero) is 1. The topological polar surface area (TPSA) is 90.0 Å². The number of allylic oxidation sites excluding steroid dienone is 1. The Kier molecular flexibility index (Phi) is 5.99. The highest BCUT2D eigenvalue weighted by Crippen LogP contribution is 2.77. The molecule has 5 aliphatic rings. The Morgan fingerprint density at radius 3 is 2.59 bits per heavy atom. The lowest BCUT2D eigenvalue weighted by atomic mass is 9.55. The fraction of sp³-hybridized carbons (Fsp3) is 0.586. The lowest BCUT2D eigenvalue weighted by Crippen LogP contribution is -2.58. The van der Waals surface area contributed by atoms with E-state index in [-0.39, 0.29) is 59.7 Å². The molecule has 0 spiro atoms. The highest BCUT2D eigenvalue weighted by atomic mass is 79.9. The molecule has 7 nitrogen and oxygen atoms in total. The van der Waals surface area contributed by atoms with Crippen molar-refractivity contribution in [2.45, 2.75) is 44.8 Å². The maximum Gasteiger partial charge on any atom is 0.321 e. The van der Waals surface area contributed by atoms with E-state index < -0.39 is 23.2 Å². The van der Waals surface area contributed by atoms with E-state index in [4.69, 9.17) is 9.47 Å². The Hall–Kier alpha value is -2.32. The molecule has 0 unspecified atom stereocenters. The Morgan fingerprint density at radius 1 is 1.16 bits per heavy atom. The zero-order valence-corrected chi connectivity index (χ0v) is 22.7. The molecule has 9 atom stereocenters. The normalized spacial score (nSPS) is 42.0. The first-order valence-electron chi connectivity index (χ1n) is 13.1. The van der Waals surface area contributed by atoms with Crippen molar-refractivity contribution in [1.29, 1.82) is 0 Å². The number of fused-ring (bicyclic) bond motifs is 6. The Labute approximate surface area is 225 Å². The van der Waals surface area contributed by atoms with Gasteiger partial charge in [-0.1, -0.05) is 46.3 Å². The third-order valence-corrected chi connectivity index (χ3v) is 10.8. The molecule has 1 aromatic carbocycles. The van der Waals surface area contributed by atoms with Crippen molar-refractivity contribution in [3.05, 3.63) is 46.6 Å². The number of amides is 1. The van der Waals surface area contributed by atoms with Crippen LogP contribution in [0.5, 0.6) is 0 Å². The highest BCUT2D eigenvalue weighted by molar-refractivity contribution is 9.11. The van der Waals surface area contributed by atoms with E-state index in [1.54, 1.807) is 18.2 Å². The zero-order chi connectivity index (χ0) is 26.1. The van der Waals surface area contributed by atoms with Crippen LogP contribution in [0.4, 0.5) is 0 Å². The Morgan fingerprint density at radius 2 is 1.92 bits per heavy atom. The largest absolute Gasteiger partial charge is 0.468 e. The molecule has 196 valence electrons. The summed E-state index contributed by atoms with van der Waals surface area (Å²) in [6.45, 7) is 0.322. The van der Waals surface area contributed by atoms with Gasteiger partial charge in [-0.15, -0.1) is 0 Å². The standard InChI is InChI=1S/C29H32BrNO6/c1-36-25-20-11-18(24(25)21-12-28(20,21)15-32)23-19-10-17(30)14-31(13-16-6-4-3-5-7-16)26(34)29(19,27(35)37-2)9-8-22(23)33/h3-7,14-15,18-21,23-25H,8-13H2,1-2H3/t18-,19-,20-,21+,23+,24-,25-,28+,29-/m0/s1. The first kappa shape index (κ1) is 25.0. The lowest BCUT2D eigenvalue weighted by Gasteiger charge is -2.47. The van der Waals surface area contributed by atoms with Crippen molar-refractivity contribution in [3.63, 3.8) is 0 Å². The predicted octanol–water partition coefficient (Wildman–Crippen LogP) is 3.90. The molecule has 2 bridgehead atoms. The molecule has 4 aliphatic carbocycles. The molecule has 37 heavy (non-hydrogen) atoms. The maximum absolute atomic E-state index is 14.3. The van der Waals surface area contributed by atoms with Crippen LogP contribution in [0.25, 0.3) is 0 Å². The minimum absolute atomic E-state index is 0.0221. The van der Waals surface area contributed by atoms with E-state index in [0.29, 0.717) is 19.4 Å². The number of nitrogens with zero attached hydrogens (tertiary/aromatic N) is 1. The van der Waals surface area contributed by atoms with Crippen LogP contribution >= 0.6 is 15.9 Å². The van der Waals surface area contributed by atoms with Gasteiger partial charge in [-0.3, -0.25) is 14.4 Å². The smallest absolute Gasteiger partial charge is 0.321 e. The number of ketones is 1. The fourth-order valence-corrected chi connectivity index (χ4v) is 9.39. The number of rotatable bonds is 6. The van der Waals surface area contributed by atoms with Gasteiger partial charge in [0.25, 0.3) is 0 Å². The number of halogens is 1. The molecule has 8 heteroatoms. The first-order chi connectivity index (χ1) is 17.8. The van der Waals surface area contributed by atoms with Gasteiger partial charge in [0, 0.05) is 35.5 Å². The van der Waals surface area contributed by atoms with Gasteiger partial charge in [-0.05, 0) is 60.8 Å². The Balaban J connectivity index is 1.40. The van der Waals surface area contributed by atoms with Crippen molar-refractivity contribution in [1.82, 2.24) is 4.90 Å². The minimum atomic E-state index is -1.44. The van der Waals surface area contributed by atoms with Gasteiger partial charge in [0.05, 0.1) is 19.8 Å². The number of ether oxygens (including phenoxy) is 2. The summed E-state index contributed by atoms with van der Waals surface area (Å²) in [6, 6.07) is 9.66. The monoisotopic (exact) mass is 569 g/mol. The fourth-order valence-electron chi connectivity index (χ4n) is 8.80. The summed E-state index contributed by atoms with van der Waals surface area (Å²) < 4.78 is 12.0. The van der Waals surface area contributed by atoms with Crippen LogP contribution in [0.2, 0.25) is 0 Å². The van der Waals surface area contributed by atoms with E-state index in [1.165, 1.54) is 7.11 Å². The number of aldehydes is 1. The summed E-state index contributed by atoms with van der Waals surface area (Å²) in [4.78, 5) is 55.3. The van der Waals surface area contributed by atoms with Crippen LogP contribution in [-0.2, 0) is 35.2 Å². The van der Waals surface area contributed by atoms with Gasteiger partial charge in [0.1, 0.15) is 12.1 Å². The molecule has 0 N–H and O–H groups in total. The number of esters is 1. The number of hydrogen-bond acceptors (Lipinski definition) is 6. The van der Waals surface area contributed by atoms with Crippen LogP contribution < -0.4 is 0 Å². The van der Waals surface area contributed by atoms with E-state index in [1.807, 2.05) is 30.3 Å². The molecule has 4 fully saturated rings. The van der Waals surface area contributed by atoms with Gasteiger partial charge >= 0.3 is 5.97 Å². The molecule has 1 aromatic rings. The number of carbonyl (C=O) groups excluding carboxylic acids is 4. The summed E-state index contributed by atoms with van der Waals surface area (Å²) in [5.74, 6) is -1.37. The molecule has 1 amide bonds. The summed E-state index contributed by atoms with van der Waals surface area (Å²) in [7, 11) is 3.01. The number of hydrogen-bond donors (Lipinski definition) is 0. The van der Waals surface area contributed by atoms with Crippen LogP contribution in [0.1, 0.15) is 37.7 Å². The molecule has 6 rings (SSSR count). The summed E-state index contributed by atoms with van der Waals surface area (Å²) >= 11 is 3.67. The minimum Gasteiger partial charge on any atom is -0.468 e. The van der Waals surface area contributed by atoms with Crippen molar-refractivity contribution in [3.8, 4) is 0 Å². The predicted molar refractivity (Wildman–Crippen MR) is 137 cm³/mol. The first-order valence-corrected chi connectivity index (χ1v) is 13.9. The summed E-state index contributed by atoms with van der Waals surface area (Å²) in [5, 5.41) is 0. The van der Waals surface area contributed by atoms with Crippen molar-refractivity contribution in [2.75, 3.05) is 14.2 Å². The second kappa shape index (κ2) is 8.87. The van der Waals surface area contributed by atoms with Gasteiger partial charge in [0.2, 0.25) is 5.91 Å². The number of methoxy groups -OCH3 is 2. The molecule has 0 saturated heterocycles. The van der Waals surface area contributed by atoms with E-state index in [0.717, 1.165) is 22.8 Å². The Bertz CT molecular complexity index is 1180. The maximum atomic E-state index is 14.3. The molecule has 4 saturated carbocycles. The average Bonchev–Trinajstić information content (AvgIpc) is 3.50. The van der Waals surface area contributed by atoms with Crippen molar-refractivity contribution in [2.24, 2.45) is 46.3 Å². The van der Waals surface area contributed by atoms with Gasteiger partial charge in [-0.2, -0.15) is 0 Å². The van der Waals surface area contributed by atoms with Gasteiger partial charge in [-0.25, -0.2) is 0 Å². The third kappa shape index (κ3) is 3.40. The highest BCUT2D eigenvalue weighted by Gasteiger charge is 2.78. The summed E-state index contributed by atoms with van der Waals surface area (Å²) in [5.41, 5.74) is -0.806. The zero-order valence-electron chi connectivity index (χ0n) is 21.1. The van der Waals surface area contributed by atoms with Crippen LogP contribution in [0.15, 0.2) is 41.0 Å². The van der Waals surface area contributed by atoms with Gasteiger partial charge < -0.3 is 19.2 Å². The lowest BCUT2D eigenvalue weighted by molar-refractivity contribution is -0.174. The molecule has 0 radical (unpaired) electrons. The van der Waals surface area contributed by atoms with E-state index in [9.17, 15) is 19.2 Å². The second-order valence-electron chi connectivity index (χ2n) is 11.6. The molecular formula is C29H32BrNO6. The van der Waals surface area contributed by atoms with E-state index >= 15 is 0 Å². The number of benzene rings is 1. The van der Waals surface area contributed by atoms with Crippen molar-refractivity contribution >= 4 is 39.9 Å². The molecule has 1 aliphatic heterocycles. The molecule has 1 heterocycles. The summed E-state index contributed by atoms with van der Waals surface area (Å²) in [6.07, 6.45) is 5.10. The molecule has 0 aromatic heterocycles. The SMILES string of the molecule is COC(=O)[C@@]12CCC(=O)[C@H]([C@@H]3C[C@H]4[C@H](OC)[C@@H]3[C@H]3C[C@]34C=O)[C@@H]1CC(Br)=CN(Cc1ccccc1)C2=O. The van der Waals surface area contributed by atoms with E-state index in [2.05, 4.69) is 15.9 Å². The quantitative estimate of drug-likeness (QED) is 0.293. The van der Waals surface area contributed by atoms with Crippen LogP contribution in [0, 0.1) is 46.3 Å². The third-order valence-electron chi connectivity index (χ3n) is 10.3.